The normalized spacial score (nSPS) is 15.4. The standard InChI is InChI=1S/C16H30O4/c1-5-8-9-14(6-2)12-20-15(13(4)17)10-11-19-16(18)7-3/h7,13-15,17H,3,5-6,8-12H2,1-2,4H3. The molecule has 0 heterocycles. The Labute approximate surface area is 123 Å². The maximum absolute atomic E-state index is 11.0. The SMILES string of the molecule is C=CC(=O)OCCC(OCC(CC)CCCC)C(C)O. The Bertz CT molecular complexity index is 263. The van der Waals surface area contributed by atoms with Crippen LogP contribution in [0, 0.1) is 5.92 Å². The molecule has 0 saturated heterocycles. The minimum Gasteiger partial charge on any atom is -0.462 e. The van der Waals surface area contributed by atoms with Gasteiger partial charge in [-0.25, -0.2) is 4.79 Å². The monoisotopic (exact) mass is 286 g/mol. The van der Waals surface area contributed by atoms with Gasteiger partial charge in [0.25, 0.3) is 0 Å². The van der Waals surface area contributed by atoms with E-state index >= 15 is 0 Å². The fraction of sp³-hybridized carbons (Fsp3) is 0.812. The van der Waals surface area contributed by atoms with E-state index in [-0.39, 0.29) is 12.7 Å². The van der Waals surface area contributed by atoms with E-state index < -0.39 is 12.1 Å². The average Bonchev–Trinajstić information content (AvgIpc) is 2.44. The maximum atomic E-state index is 11.0. The Morgan fingerprint density at radius 1 is 1.35 bits per heavy atom. The number of carbonyl (C=O) groups excluding carboxylic acids is 1. The number of esters is 1. The van der Waals surface area contributed by atoms with Gasteiger partial charge < -0.3 is 14.6 Å². The van der Waals surface area contributed by atoms with Crippen molar-refractivity contribution in [2.24, 2.45) is 5.92 Å². The van der Waals surface area contributed by atoms with Gasteiger partial charge in [-0.1, -0.05) is 39.7 Å². The van der Waals surface area contributed by atoms with E-state index in [1.54, 1.807) is 6.92 Å². The van der Waals surface area contributed by atoms with E-state index in [1.807, 2.05) is 0 Å². The second-order valence-electron chi connectivity index (χ2n) is 5.19. The number of hydrogen-bond donors (Lipinski definition) is 1. The highest BCUT2D eigenvalue weighted by atomic mass is 16.5. The molecule has 0 amide bonds. The molecule has 4 nitrogen and oxygen atoms in total. The second-order valence-corrected chi connectivity index (χ2v) is 5.19. The first kappa shape index (κ1) is 19.1. The van der Waals surface area contributed by atoms with Gasteiger partial charge in [-0.3, -0.25) is 0 Å². The van der Waals surface area contributed by atoms with Crippen molar-refractivity contribution >= 4 is 5.97 Å². The highest BCUT2D eigenvalue weighted by molar-refractivity contribution is 5.81. The Morgan fingerprint density at radius 3 is 2.55 bits per heavy atom. The number of aliphatic hydroxyl groups is 1. The van der Waals surface area contributed by atoms with Crippen molar-refractivity contribution in [2.75, 3.05) is 13.2 Å². The van der Waals surface area contributed by atoms with Gasteiger partial charge in [0.05, 0.1) is 18.8 Å². The Balaban J connectivity index is 4.05. The van der Waals surface area contributed by atoms with Crippen LogP contribution in [0.3, 0.4) is 0 Å². The van der Waals surface area contributed by atoms with Crippen LogP contribution in [0.15, 0.2) is 12.7 Å². The van der Waals surface area contributed by atoms with Crippen LogP contribution in [-0.4, -0.2) is 36.5 Å². The van der Waals surface area contributed by atoms with Crippen LogP contribution >= 0.6 is 0 Å². The minimum absolute atomic E-state index is 0.242. The van der Waals surface area contributed by atoms with Crippen LogP contribution < -0.4 is 0 Å². The van der Waals surface area contributed by atoms with Crippen LogP contribution in [0.1, 0.15) is 52.9 Å². The topological polar surface area (TPSA) is 55.8 Å². The molecule has 0 spiro atoms. The van der Waals surface area contributed by atoms with Gasteiger partial charge in [0.2, 0.25) is 0 Å². The van der Waals surface area contributed by atoms with Crippen molar-refractivity contribution < 1.29 is 19.4 Å². The predicted octanol–water partition coefficient (Wildman–Crippen LogP) is 3.09. The number of rotatable bonds is 12. The van der Waals surface area contributed by atoms with Crippen molar-refractivity contribution in [1.29, 1.82) is 0 Å². The molecule has 1 N–H and O–H groups in total. The number of carbonyl (C=O) groups is 1. The van der Waals surface area contributed by atoms with Gasteiger partial charge in [0, 0.05) is 19.1 Å². The van der Waals surface area contributed by atoms with Gasteiger partial charge in [-0.05, 0) is 19.3 Å². The quantitative estimate of drug-likeness (QED) is 0.442. The second kappa shape index (κ2) is 11.9. The summed E-state index contributed by atoms with van der Waals surface area (Å²) in [6, 6.07) is 0. The molecular weight excluding hydrogens is 256 g/mol. The van der Waals surface area contributed by atoms with Crippen molar-refractivity contribution in [3.8, 4) is 0 Å². The van der Waals surface area contributed by atoms with Crippen LogP contribution in [-0.2, 0) is 14.3 Å². The highest BCUT2D eigenvalue weighted by Gasteiger charge is 2.18. The molecule has 0 radical (unpaired) electrons. The fourth-order valence-corrected chi connectivity index (χ4v) is 1.96. The first-order valence-corrected chi connectivity index (χ1v) is 7.63. The van der Waals surface area contributed by atoms with Gasteiger partial charge in [0.15, 0.2) is 0 Å². The molecule has 0 rings (SSSR count). The minimum atomic E-state index is -0.568. The van der Waals surface area contributed by atoms with Crippen molar-refractivity contribution in [3.63, 3.8) is 0 Å². The van der Waals surface area contributed by atoms with Gasteiger partial charge >= 0.3 is 5.97 Å². The van der Waals surface area contributed by atoms with Crippen molar-refractivity contribution in [2.45, 2.75) is 65.1 Å². The zero-order valence-corrected chi connectivity index (χ0v) is 13.1. The molecule has 0 aromatic carbocycles. The molecule has 20 heavy (non-hydrogen) atoms. The Hall–Kier alpha value is -0.870. The first-order valence-electron chi connectivity index (χ1n) is 7.63. The number of ether oxygens (including phenoxy) is 2. The smallest absolute Gasteiger partial charge is 0.330 e. The van der Waals surface area contributed by atoms with E-state index in [1.165, 1.54) is 12.8 Å². The third kappa shape index (κ3) is 9.10. The first-order chi connectivity index (χ1) is 9.54. The van der Waals surface area contributed by atoms with Crippen molar-refractivity contribution in [1.82, 2.24) is 0 Å². The summed E-state index contributed by atoms with van der Waals surface area (Å²) in [6.07, 6.45) is 5.41. The molecule has 0 aliphatic carbocycles. The van der Waals surface area contributed by atoms with E-state index in [4.69, 9.17) is 9.47 Å². The fourth-order valence-electron chi connectivity index (χ4n) is 1.96. The summed E-state index contributed by atoms with van der Waals surface area (Å²) in [4.78, 5) is 11.0. The summed E-state index contributed by atoms with van der Waals surface area (Å²) >= 11 is 0. The van der Waals surface area contributed by atoms with E-state index in [2.05, 4.69) is 20.4 Å². The lowest BCUT2D eigenvalue weighted by atomic mass is 10.0. The summed E-state index contributed by atoms with van der Waals surface area (Å²) in [6.45, 7) is 10.3. The molecule has 3 unspecified atom stereocenters. The average molecular weight is 286 g/mol. The third-order valence-electron chi connectivity index (χ3n) is 3.44. The molecule has 4 heteroatoms. The third-order valence-corrected chi connectivity index (χ3v) is 3.44. The van der Waals surface area contributed by atoms with Crippen LogP contribution in [0.2, 0.25) is 0 Å². The number of hydrogen-bond acceptors (Lipinski definition) is 4. The summed E-state index contributed by atoms with van der Waals surface area (Å²) in [5, 5.41) is 9.71. The zero-order valence-electron chi connectivity index (χ0n) is 13.1. The Morgan fingerprint density at radius 2 is 2.05 bits per heavy atom. The molecule has 0 aliphatic heterocycles. The van der Waals surface area contributed by atoms with E-state index in [9.17, 15) is 9.90 Å². The lowest BCUT2D eigenvalue weighted by Gasteiger charge is -2.23. The van der Waals surface area contributed by atoms with Gasteiger partial charge in [0.1, 0.15) is 0 Å². The van der Waals surface area contributed by atoms with Crippen LogP contribution in [0.4, 0.5) is 0 Å². The molecule has 3 atom stereocenters. The van der Waals surface area contributed by atoms with Crippen LogP contribution in [0.25, 0.3) is 0 Å². The largest absolute Gasteiger partial charge is 0.462 e. The molecule has 0 aliphatic rings. The van der Waals surface area contributed by atoms with Gasteiger partial charge in [-0.15, -0.1) is 0 Å². The summed E-state index contributed by atoms with van der Waals surface area (Å²) in [7, 11) is 0. The summed E-state index contributed by atoms with van der Waals surface area (Å²) in [5.41, 5.74) is 0. The lowest BCUT2D eigenvalue weighted by molar-refractivity contribution is -0.139. The molecule has 118 valence electrons. The molecule has 0 aromatic rings. The Kier molecular flexibility index (Phi) is 11.4. The molecule has 0 saturated carbocycles. The molecule has 0 bridgehead atoms. The molecule has 0 fully saturated rings. The van der Waals surface area contributed by atoms with Crippen LogP contribution in [0.5, 0.6) is 0 Å². The maximum Gasteiger partial charge on any atom is 0.330 e. The lowest BCUT2D eigenvalue weighted by Crippen LogP contribution is -2.30. The summed E-state index contributed by atoms with van der Waals surface area (Å²) in [5.74, 6) is 0.0932. The number of aliphatic hydroxyl groups excluding tert-OH is 1. The number of unbranched alkanes of at least 4 members (excludes halogenated alkanes) is 1. The highest BCUT2D eigenvalue weighted by Crippen LogP contribution is 2.15. The van der Waals surface area contributed by atoms with E-state index in [0.717, 1.165) is 18.9 Å². The predicted molar refractivity (Wildman–Crippen MR) is 80.5 cm³/mol. The van der Waals surface area contributed by atoms with E-state index in [0.29, 0.717) is 18.9 Å². The van der Waals surface area contributed by atoms with Gasteiger partial charge in [-0.2, -0.15) is 0 Å². The summed E-state index contributed by atoms with van der Waals surface area (Å²) < 4.78 is 10.7. The zero-order chi connectivity index (χ0) is 15.4. The van der Waals surface area contributed by atoms with Crippen molar-refractivity contribution in [3.05, 3.63) is 12.7 Å². The molecular formula is C16H30O4. The molecule has 0 aromatic heterocycles.